The van der Waals surface area contributed by atoms with E-state index in [1.165, 1.54) is 0 Å². The number of hydrogen-bond donors (Lipinski definition) is 2. The van der Waals surface area contributed by atoms with Crippen LogP contribution in [0.5, 0.6) is 0 Å². The van der Waals surface area contributed by atoms with Gasteiger partial charge in [-0.15, -0.1) is 0 Å². The molecule has 1 heterocycles. The van der Waals surface area contributed by atoms with Gasteiger partial charge in [0.1, 0.15) is 11.7 Å². The lowest BCUT2D eigenvalue weighted by molar-refractivity contribution is -0.137. The maximum atomic E-state index is 12.5. The van der Waals surface area contributed by atoms with Crippen LogP contribution in [0.25, 0.3) is 0 Å². The van der Waals surface area contributed by atoms with Crippen LogP contribution in [-0.4, -0.2) is 23.6 Å². The molecular formula is C18H22N2O4. The zero-order valence-corrected chi connectivity index (χ0v) is 14.3. The van der Waals surface area contributed by atoms with Crippen molar-refractivity contribution in [1.82, 2.24) is 10.6 Å². The largest absolute Gasteiger partial charge is 0.328 e. The second kappa shape index (κ2) is 6.55. The van der Waals surface area contributed by atoms with E-state index in [-0.39, 0.29) is 12.2 Å². The summed E-state index contributed by atoms with van der Waals surface area (Å²) in [7, 11) is 0. The third-order valence-electron chi connectivity index (χ3n) is 4.19. The lowest BCUT2D eigenvalue weighted by atomic mass is 9.76. The van der Waals surface area contributed by atoms with Crippen molar-refractivity contribution in [1.29, 1.82) is 0 Å². The van der Waals surface area contributed by atoms with Crippen LogP contribution in [0.4, 0.5) is 4.79 Å². The predicted octanol–water partition coefficient (Wildman–Crippen LogP) is 2.07. The van der Waals surface area contributed by atoms with Gasteiger partial charge >= 0.3 is 6.03 Å². The summed E-state index contributed by atoms with van der Waals surface area (Å²) in [6.45, 7) is 7.32. The number of carbonyl (C=O) groups excluding carboxylic acids is 4. The minimum Gasteiger partial charge on any atom is -0.299 e. The van der Waals surface area contributed by atoms with Crippen LogP contribution in [-0.2, 0) is 14.4 Å². The van der Waals surface area contributed by atoms with E-state index in [2.05, 4.69) is 10.6 Å². The molecule has 128 valence electrons. The van der Waals surface area contributed by atoms with Crippen molar-refractivity contribution in [3.63, 3.8) is 0 Å². The number of aryl methyl sites for hydroxylation is 1. The fourth-order valence-corrected chi connectivity index (χ4v) is 2.64. The van der Waals surface area contributed by atoms with Crippen LogP contribution < -0.4 is 10.6 Å². The fourth-order valence-electron chi connectivity index (χ4n) is 2.64. The molecular weight excluding hydrogens is 308 g/mol. The van der Waals surface area contributed by atoms with E-state index in [1.807, 2.05) is 31.2 Å². The molecule has 1 saturated heterocycles. The molecule has 0 aromatic heterocycles. The summed E-state index contributed by atoms with van der Waals surface area (Å²) in [4.78, 5) is 48.2. The summed E-state index contributed by atoms with van der Waals surface area (Å²) in [5, 5.41) is 4.22. The number of rotatable bonds is 4. The molecule has 2 N–H and O–H groups in total. The second-order valence-corrected chi connectivity index (χ2v) is 7.18. The summed E-state index contributed by atoms with van der Waals surface area (Å²) < 4.78 is 0. The number of imide groups is 2. The molecule has 0 radical (unpaired) electrons. The Balaban J connectivity index is 2.40. The fraction of sp³-hybridized carbons (Fsp3) is 0.444. The van der Waals surface area contributed by atoms with Crippen molar-refractivity contribution in [2.24, 2.45) is 11.3 Å². The topological polar surface area (TPSA) is 92.3 Å². The zero-order valence-electron chi connectivity index (χ0n) is 14.3. The standard InChI is InChI=1S/C18H22N2O4/c1-10-5-7-11(8-6-10)12(9-13(21)18(2,3)4)14-15(22)19-17(24)20-16(14)23/h5-8,12,14H,9H2,1-4H3,(H2,19,20,22,23,24)/t12-/m0/s1. The van der Waals surface area contributed by atoms with Crippen molar-refractivity contribution in [2.75, 3.05) is 0 Å². The van der Waals surface area contributed by atoms with Gasteiger partial charge < -0.3 is 0 Å². The monoisotopic (exact) mass is 330 g/mol. The van der Waals surface area contributed by atoms with Crippen LogP contribution in [0.3, 0.4) is 0 Å². The number of urea groups is 1. The summed E-state index contributed by atoms with van der Waals surface area (Å²) >= 11 is 0. The van der Waals surface area contributed by atoms with Crippen LogP contribution in [0.15, 0.2) is 24.3 Å². The van der Waals surface area contributed by atoms with E-state index in [0.717, 1.165) is 11.1 Å². The van der Waals surface area contributed by atoms with E-state index in [9.17, 15) is 19.2 Å². The molecule has 0 aliphatic carbocycles. The van der Waals surface area contributed by atoms with E-state index >= 15 is 0 Å². The van der Waals surface area contributed by atoms with E-state index < -0.39 is 35.1 Å². The van der Waals surface area contributed by atoms with E-state index in [4.69, 9.17) is 0 Å². The summed E-state index contributed by atoms with van der Waals surface area (Å²) in [5.74, 6) is -3.13. The van der Waals surface area contributed by atoms with Gasteiger partial charge in [-0.05, 0) is 12.5 Å². The Kier molecular flexibility index (Phi) is 4.87. The molecule has 1 aromatic carbocycles. The number of barbiturate groups is 1. The third-order valence-corrected chi connectivity index (χ3v) is 4.19. The van der Waals surface area contributed by atoms with Crippen LogP contribution in [0.1, 0.15) is 44.2 Å². The number of amides is 4. The molecule has 6 nitrogen and oxygen atoms in total. The first-order chi connectivity index (χ1) is 11.1. The second-order valence-electron chi connectivity index (χ2n) is 7.18. The average Bonchev–Trinajstić information content (AvgIpc) is 2.45. The summed E-state index contributed by atoms with van der Waals surface area (Å²) in [5.41, 5.74) is 1.18. The van der Waals surface area contributed by atoms with Gasteiger partial charge in [0.2, 0.25) is 11.8 Å². The number of benzene rings is 1. The van der Waals surface area contributed by atoms with Gasteiger partial charge in [0, 0.05) is 17.8 Å². The molecule has 1 aliphatic heterocycles. The Morgan fingerprint density at radius 1 is 1.04 bits per heavy atom. The van der Waals surface area contributed by atoms with Gasteiger partial charge in [-0.3, -0.25) is 25.0 Å². The predicted molar refractivity (Wildman–Crippen MR) is 88.2 cm³/mol. The molecule has 2 rings (SSSR count). The van der Waals surface area contributed by atoms with Crippen molar-refractivity contribution in [2.45, 2.75) is 40.0 Å². The molecule has 0 spiro atoms. The van der Waals surface area contributed by atoms with Crippen LogP contribution in [0.2, 0.25) is 0 Å². The van der Waals surface area contributed by atoms with Gasteiger partial charge in [-0.25, -0.2) is 4.79 Å². The molecule has 6 heteroatoms. The smallest absolute Gasteiger partial charge is 0.299 e. The van der Waals surface area contributed by atoms with E-state index in [0.29, 0.717) is 0 Å². The molecule has 1 atom stereocenters. The zero-order chi connectivity index (χ0) is 18.1. The first kappa shape index (κ1) is 17.8. The first-order valence-corrected chi connectivity index (χ1v) is 7.85. The lowest BCUT2D eigenvalue weighted by Gasteiger charge is -2.30. The molecule has 24 heavy (non-hydrogen) atoms. The Hall–Kier alpha value is -2.50. The lowest BCUT2D eigenvalue weighted by Crippen LogP contribution is -2.57. The average molecular weight is 330 g/mol. The summed E-state index contributed by atoms with van der Waals surface area (Å²) in [6, 6.07) is 6.53. The molecule has 0 unspecified atom stereocenters. The highest BCUT2D eigenvalue weighted by Gasteiger charge is 2.42. The molecule has 0 saturated carbocycles. The summed E-state index contributed by atoms with van der Waals surface area (Å²) in [6.07, 6.45) is 0.0479. The third kappa shape index (κ3) is 3.88. The van der Waals surface area contributed by atoms with Gasteiger partial charge in [0.25, 0.3) is 0 Å². The van der Waals surface area contributed by atoms with Gasteiger partial charge in [0.15, 0.2) is 0 Å². The van der Waals surface area contributed by atoms with Crippen LogP contribution in [0, 0.1) is 18.3 Å². The number of hydrogen-bond acceptors (Lipinski definition) is 4. The van der Waals surface area contributed by atoms with Crippen molar-refractivity contribution in [3.8, 4) is 0 Å². The Bertz CT molecular complexity index is 666. The maximum absolute atomic E-state index is 12.5. The van der Waals surface area contributed by atoms with E-state index in [1.54, 1.807) is 20.8 Å². The molecule has 1 fully saturated rings. The molecule has 1 aliphatic rings. The first-order valence-electron chi connectivity index (χ1n) is 7.85. The van der Waals surface area contributed by atoms with Gasteiger partial charge in [-0.2, -0.15) is 0 Å². The number of ketones is 1. The Morgan fingerprint density at radius 3 is 2.00 bits per heavy atom. The maximum Gasteiger partial charge on any atom is 0.328 e. The molecule has 0 bridgehead atoms. The SMILES string of the molecule is Cc1ccc([C@H](CC(=O)C(C)(C)C)C2C(=O)NC(=O)NC2=O)cc1. The van der Waals surface area contributed by atoms with Crippen molar-refractivity contribution in [3.05, 3.63) is 35.4 Å². The van der Waals surface area contributed by atoms with Gasteiger partial charge in [-0.1, -0.05) is 50.6 Å². The minimum atomic E-state index is -1.11. The van der Waals surface area contributed by atoms with Gasteiger partial charge in [0.05, 0.1) is 0 Å². The normalized spacial score (nSPS) is 17.2. The number of Topliss-reactive ketones (excluding diaryl/α,β-unsaturated/α-hetero) is 1. The molecule has 1 aromatic rings. The van der Waals surface area contributed by atoms with Crippen LogP contribution >= 0.6 is 0 Å². The Labute approximate surface area is 141 Å². The van der Waals surface area contributed by atoms with Crippen molar-refractivity contribution >= 4 is 23.6 Å². The highest BCUT2D eigenvalue weighted by Crippen LogP contribution is 2.33. The highest BCUT2D eigenvalue weighted by molar-refractivity contribution is 6.16. The van der Waals surface area contributed by atoms with Crippen molar-refractivity contribution < 1.29 is 19.2 Å². The Morgan fingerprint density at radius 2 is 1.54 bits per heavy atom. The highest BCUT2D eigenvalue weighted by atomic mass is 16.2. The number of carbonyl (C=O) groups is 4. The minimum absolute atomic E-state index is 0.0479. The quantitative estimate of drug-likeness (QED) is 0.827. The molecule has 4 amide bonds. The number of nitrogens with one attached hydrogen (secondary N) is 2.